The van der Waals surface area contributed by atoms with Gasteiger partial charge in [0.15, 0.2) is 6.67 Å². The monoisotopic (exact) mass is 400 g/mol. The van der Waals surface area contributed by atoms with Gasteiger partial charge in [0.05, 0.1) is 18.1 Å². The van der Waals surface area contributed by atoms with Crippen LogP contribution in [0.25, 0.3) is 0 Å². The number of likely N-dealkylation sites (tertiary alicyclic amines) is 1. The number of urea groups is 1. The highest BCUT2D eigenvalue weighted by molar-refractivity contribution is 6.44. The van der Waals surface area contributed by atoms with Crippen LogP contribution in [-0.2, 0) is 9.59 Å². The molecule has 4 bridgehead atoms. The molecule has 3 atom stereocenters. The number of imide groups is 2. The zero-order valence-electron chi connectivity index (χ0n) is 17.4. The predicted molar refractivity (Wildman–Crippen MR) is 106 cm³/mol. The second kappa shape index (κ2) is 6.53. The molecule has 1 N–H and O–H groups in total. The largest absolute Gasteiger partial charge is 0.339 e. The molecular formula is C23H34N3O3+. The summed E-state index contributed by atoms with van der Waals surface area (Å²) in [5.74, 6) is 1.56. The maximum atomic E-state index is 13.5. The molecule has 6 nitrogen and oxygen atoms in total. The van der Waals surface area contributed by atoms with Crippen LogP contribution < -0.4 is 4.90 Å². The van der Waals surface area contributed by atoms with Crippen molar-refractivity contribution < 1.29 is 19.3 Å². The fraction of sp³-hybridized carbons (Fsp3) is 0.870. The summed E-state index contributed by atoms with van der Waals surface area (Å²) in [6.45, 7) is 1.41. The number of amides is 4. The number of hydrogen-bond acceptors (Lipinski definition) is 3. The summed E-state index contributed by atoms with van der Waals surface area (Å²) in [7, 11) is 0. The summed E-state index contributed by atoms with van der Waals surface area (Å²) in [4.78, 5) is 43.6. The van der Waals surface area contributed by atoms with E-state index in [1.165, 1.54) is 72.5 Å². The molecule has 2 aliphatic heterocycles. The van der Waals surface area contributed by atoms with Crippen molar-refractivity contribution in [2.45, 2.75) is 88.6 Å². The van der Waals surface area contributed by atoms with Gasteiger partial charge in [-0.3, -0.25) is 9.59 Å². The molecule has 0 aromatic rings. The Hall–Kier alpha value is -1.43. The lowest BCUT2D eigenvalue weighted by molar-refractivity contribution is -0.942. The molecule has 2 heterocycles. The van der Waals surface area contributed by atoms with Gasteiger partial charge in [-0.1, -0.05) is 6.42 Å². The van der Waals surface area contributed by atoms with E-state index in [9.17, 15) is 14.4 Å². The van der Waals surface area contributed by atoms with E-state index >= 15 is 0 Å². The van der Waals surface area contributed by atoms with Crippen LogP contribution in [0.15, 0.2) is 0 Å². The van der Waals surface area contributed by atoms with E-state index in [2.05, 4.69) is 0 Å². The Morgan fingerprint density at radius 1 is 0.828 bits per heavy atom. The highest BCUT2D eigenvalue weighted by Crippen LogP contribution is 2.58. The van der Waals surface area contributed by atoms with Crippen molar-refractivity contribution in [3.8, 4) is 0 Å². The third-order valence-electron chi connectivity index (χ3n) is 9.40. The molecule has 7 fully saturated rings. The van der Waals surface area contributed by atoms with Crippen LogP contribution in [0, 0.1) is 23.7 Å². The zero-order valence-corrected chi connectivity index (χ0v) is 17.4. The highest BCUT2D eigenvalue weighted by Gasteiger charge is 2.61. The second-order valence-corrected chi connectivity index (χ2v) is 11.2. The summed E-state index contributed by atoms with van der Waals surface area (Å²) in [5, 5.41) is 0. The average Bonchev–Trinajstić information content (AvgIpc) is 2.91. The molecule has 0 aromatic heterocycles. The predicted octanol–water partition coefficient (Wildman–Crippen LogP) is 1.94. The Bertz CT molecular complexity index is 712. The number of nitrogens with zero attached hydrogens (tertiary/aromatic N) is 2. The van der Waals surface area contributed by atoms with Gasteiger partial charge >= 0.3 is 17.8 Å². The molecule has 0 aromatic carbocycles. The quantitative estimate of drug-likeness (QED) is 0.582. The number of quaternary nitrogens is 1. The van der Waals surface area contributed by atoms with Crippen molar-refractivity contribution in [3.63, 3.8) is 0 Å². The fourth-order valence-electron chi connectivity index (χ4n) is 8.67. The van der Waals surface area contributed by atoms with E-state index in [0.29, 0.717) is 30.5 Å². The Kier molecular flexibility index (Phi) is 4.13. The molecule has 158 valence electrons. The molecule has 29 heavy (non-hydrogen) atoms. The van der Waals surface area contributed by atoms with Crippen molar-refractivity contribution in [2.24, 2.45) is 23.7 Å². The number of hydrogen-bond donors (Lipinski definition) is 1. The first-order valence-corrected chi connectivity index (χ1v) is 12.1. The van der Waals surface area contributed by atoms with Crippen LogP contribution in [0.1, 0.15) is 77.0 Å². The third-order valence-corrected chi connectivity index (χ3v) is 9.40. The molecule has 5 aliphatic carbocycles. The van der Waals surface area contributed by atoms with E-state index in [1.54, 1.807) is 0 Å². The van der Waals surface area contributed by atoms with Crippen LogP contribution in [0.5, 0.6) is 0 Å². The molecule has 2 saturated heterocycles. The summed E-state index contributed by atoms with van der Waals surface area (Å²) < 4.78 is 0. The molecule has 7 rings (SSSR count). The molecule has 6 heteroatoms. The normalized spacial score (nSPS) is 46.6. The summed E-state index contributed by atoms with van der Waals surface area (Å²) in [6, 6.07) is 0.259. The highest BCUT2D eigenvalue weighted by atomic mass is 16.2. The number of fused-ring (bicyclic) bond motifs is 1. The summed E-state index contributed by atoms with van der Waals surface area (Å²) in [5.41, 5.74) is -0.363. The summed E-state index contributed by atoms with van der Waals surface area (Å²) in [6.07, 6.45) is 14.1. The zero-order chi connectivity index (χ0) is 19.8. The number of rotatable bonds is 3. The Morgan fingerprint density at radius 2 is 1.45 bits per heavy atom. The SMILES string of the molecule is O=C1C(=O)N(C23CC4CC(CC(C4)C2)C3)C(=O)N1C[NH+]1CCC[C@@H]2CCCC[C@H]21. The minimum absolute atomic E-state index is 0.299. The molecule has 5 saturated carbocycles. The van der Waals surface area contributed by atoms with Gasteiger partial charge < -0.3 is 4.90 Å². The van der Waals surface area contributed by atoms with Gasteiger partial charge in [0.25, 0.3) is 0 Å². The van der Waals surface area contributed by atoms with Gasteiger partial charge in [-0.2, -0.15) is 0 Å². The topological polar surface area (TPSA) is 62.1 Å². The van der Waals surface area contributed by atoms with E-state index < -0.39 is 11.8 Å². The minimum Gasteiger partial charge on any atom is -0.315 e. The van der Waals surface area contributed by atoms with E-state index in [1.807, 2.05) is 0 Å². The maximum absolute atomic E-state index is 13.5. The average molecular weight is 401 g/mol. The van der Waals surface area contributed by atoms with Crippen LogP contribution >= 0.6 is 0 Å². The van der Waals surface area contributed by atoms with Crippen LogP contribution in [0.4, 0.5) is 4.79 Å². The van der Waals surface area contributed by atoms with Crippen molar-refractivity contribution >= 4 is 17.8 Å². The van der Waals surface area contributed by atoms with Gasteiger partial charge in [0.2, 0.25) is 0 Å². The Labute approximate surface area is 172 Å². The first kappa shape index (κ1) is 18.3. The molecule has 7 aliphatic rings. The third kappa shape index (κ3) is 2.74. The molecule has 4 amide bonds. The lowest BCUT2D eigenvalue weighted by Crippen LogP contribution is -3.19. The van der Waals surface area contributed by atoms with Gasteiger partial charge in [-0.25, -0.2) is 14.6 Å². The Morgan fingerprint density at radius 3 is 2.14 bits per heavy atom. The smallest absolute Gasteiger partial charge is 0.315 e. The number of nitrogens with one attached hydrogen (secondary N) is 1. The number of piperidine rings is 1. The van der Waals surface area contributed by atoms with Crippen LogP contribution in [0.3, 0.4) is 0 Å². The van der Waals surface area contributed by atoms with Crippen LogP contribution in [0.2, 0.25) is 0 Å². The lowest BCUT2D eigenvalue weighted by atomic mass is 9.52. The second-order valence-electron chi connectivity index (χ2n) is 11.2. The van der Waals surface area contributed by atoms with Gasteiger partial charge in [0.1, 0.15) is 0 Å². The summed E-state index contributed by atoms with van der Waals surface area (Å²) >= 11 is 0. The minimum atomic E-state index is -0.559. The van der Waals surface area contributed by atoms with Gasteiger partial charge in [-0.15, -0.1) is 0 Å². The van der Waals surface area contributed by atoms with Gasteiger partial charge in [-0.05, 0) is 88.4 Å². The van der Waals surface area contributed by atoms with Crippen molar-refractivity contribution in [1.82, 2.24) is 9.80 Å². The van der Waals surface area contributed by atoms with E-state index in [-0.39, 0.29) is 11.6 Å². The van der Waals surface area contributed by atoms with Crippen LogP contribution in [-0.4, -0.2) is 52.4 Å². The van der Waals surface area contributed by atoms with Crippen molar-refractivity contribution in [2.75, 3.05) is 13.2 Å². The molecule has 0 spiro atoms. The lowest BCUT2D eigenvalue weighted by Gasteiger charge is -2.58. The first-order chi connectivity index (χ1) is 14.0. The fourth-order valence-corrected chi connectivity index (χ4v) is 8.67. The number of carbonyl (C=O) groups excluding carboxylic acids is 3. The van der Waals surface area contributed by atoms with Crippen molar-refractivity contribution in [3.05, 3.63) is 0 Å². The molecule has 1 unspecified atom stereocenters. The van der Waals surface area contributed by atoms with Crippen molar-refractivity contribution in [1.29, 1.82) is 0 Å². The Balaban J connectivity index is 1.24. The standard InChI is InChI=1S/C23H33N3O3/c27-20-21(28)26(23-11-15-8-16(12-23)10-17(9-15)13-23)22(29)25(20)14-24-7-3-5-18-4-1-2-6-19(18)24/h15-19H,1-14H2/p+1/t15?,16?,17?,18-,19+,23?/m0/s1. The first-order valence-electron chi connectivity index (χ1n) is 12.1. The molecular weight excluding hydrogens is 366 g/mol. The van der Waals surface area contributed by atoms with E-state index in [0.717, 1.165) is 31.7 Å². The molecule has 0 radical (unpaired) electrons. The maximum Gasteiger partial charge on any atom is 0.339 e. The van der Waals surface area contributed by atoms with E-state index in [4.69, 9.17) is 0 Å². The number of carbonyl (C=O) groups is 3. The van der Waals surface area contributed by atoms with Gasteiger partial charge in [0, 0.05) is 5.92 Å².